The molecule has 0 saturated heterocycles. The molecule has 0 bridgehead atoms. The number of aromatic amines is 1. The van der Waals surface area contributed by atoms with E-state index in [1.54, 1.807) is 0 Å². The maximum atomic E-state index is 11.7. The molecule has 1 atom stereocenters. The molecule has 90 valence electrons. The second-order valence-electron chi connectivity index (χ2n) is 4.48. The Balaban J connectivity index is 2.28. The molecule has 17 heavy (non-hydrogen) atoms. The van der Waals surface area contributed by atoms with Gasteiger partial charge in [-0.15, -0.1) is 0 Å². The zero-order valence-electron chi connectivity index (χ0n) is 9.53. The second kappa shape index (κ2) is 3.58. The van der Waals surface area contributed by atoms with Gasteiger partial charge in [0.2, 0.25) is 0 Å². The van der Waals surface area contributed by atoms with Crippen LogP contribution >= 0.6 is 0 Å². The summed E-state index contributed by atoms with van der Waals surface area (Å²) < 4.78 is 23.5. The first-order chi connectivity index (χ1) is 8.07. The van der Waals surface area contributed by atoms with Crippen LogP contribution in [0.25, 0.3) is 10.9 Å². The summed E-state index contributed by atoms with van der Waals surface area (Å²) in [5, 5.41) is 3.60. The number of sulfone groups is 1. The summed E-state index contributed by atoms with van der Waals surface area (Å²) in [6, 6.07) is 7.95. The highest BCUT2D eigenvalue weighted by atomic mass is 32.2. The summed E-state index contributed by atoms with van der Waals surface area (Å²) in [5.41, 5.74) is 2.95. The highest BCUT2D eigenvalue weighted by molar-refractivity contribution is 7.90. The van der Waals surface area contributed by atoms with Crippen molar-refractivity contribution < 1.29 is 8.42 Å². The van der Waals surface area contributed by atoms with Crippen molar-refractivity contribution in [2.45, 2.75) is 11.8 Å². The molecule has 3 rings (SSSR count). The van der Waals surface area contributed by atoms with Crippen molar-refractivity contribution in [2.75, 3.05) is 12.8 Å². The van der Waals surface area contributed by atoms with Gasteiger partial charge >= 0.3 is 0 Å². The van der Waals surface area contributed by atoms with E-state index in [9.17, 15) is 8.42 Å². The Morgan fingerprint density at radius 3 is 2.82 bits per heavy atom. The highest BCUT2D eigenvalue weighted by Crippen LogP contribution is 2.31. The van der Waals surface area contributed by atoms with Crippen molar-refractivity contribution in [1.82, 2.24) is 10.3 Å². The van der Waals surface area contributed by atoms with Gasteiger partial charge in [0.05, 0.1) is 5.69 Å². The Labute approximate surface area is 100.0 Å². The molecule has 0 aliphatic carbocycles. The van der Waals surface area contributed by atoms with Gasteiger partial charge in [0, 0.05) is 23.7 Å². The zero-order chi connectivity index (χ0) is 12.0. The lowest BCUT2D eigenvalue weighted by molar-refractivity contribution is 0.544. The molecule has 1 aromatic carbocycles. The van der Waals surface area contributed by atoms with Crippen LogP contribution < -0.4 is 5.32 Å². The number of para-hydroxylation sites is 1. The van der Waals surface area contributed by atoms with Crippen LogP contribution in [-0.2, 0) is 16.3 Å². The quantitative estimate of drug-likeness (QED) is 0.803. The standard InChI is InChI=1S/C12H14N2O2S/c1-17(15,16)12-11-9(6-7-13-12)8-4-2-3-5-10(8)14-11/h2-5,12-14H,6-7H2,1H3. The summed E-state index contributed by atoms with van der Waals surface area (Å²) in [4.78, 5) is 3.23. The third-order valence-corrected chi connectivity index (χ3v) is 4.50. The van der Waals surface area contributed by atoms with Crippen molar-refractivity contribution in [3.05, 3.63) is 35.5 Å². The Hall–Kier alpha value is -1.33. The molecular weight excluding hydrogens is 236 g/mol. The van der Waals surface area contributed by atoms with Gasteiger partial charge in [-0.1, -0.05) is 18.2 Å². The smallest absolute Gasteiger partial charge is 0.169 e. The molecule has 1 aliphatic rings. The summed E-state index contributed by atoms with van der Waals surface area (Å²) >= 11 is 0. The number of aromatic nitrogens is 1. The number of fused-ring (bicyclic) bond motifs is 3. The molecule has 2 heterocycles. The van der Waals surface area contributed by atoms with Gasteiger partial charge in [-0.2, -0.15) is 0 Å². The van der Waals surface area contributed by atoms with E-state index >= 15 is 0 Å². The molecular formula is C12H14N2O2S. The topological polar surface area (TPSA) is 62.0 Å². The Kier molecular flexibility index (Phi) is 2.27. The number of nitrogens with one attached hydrogen (secondary N) is 2. The van der Waals surface area contributed by atoms with Crippen LogP contribution in [0, 0.1) is 0 Å². The zero-order valence-corrected chi connectivity index (χ0v) is 10.3. The second-order valence-corrected chi connectivity index (χ2v) is 6.61. The van der Waals surface area contributed by atoms with Crippen LogP contribution in [0.2, 0.25) is 0 Å². The van der Waals surface area contributed by atoms with E-state index in [-0.39, 0.29) is 0 Å². The number of rotatable bonds is 1. The molecule has 2 aromatic rings. The molecule has 0 amide bonds. The van der Waals surface area contributed by atoms with Crippen molar-refractivity contribution in [2.24, 2.45) is 0 Å². The molecule has 1 aromatic heterocycles. The van der Waals surface area contributed by atoms with Crippen LogP contribution in [0.5, 0.6) is 0 Å². The molecule has 4 nitrogen and oxygen atoms in total. The van der Waals surface area contributed by atoms with E-state index in [1.165, 1.54) is 6.26 Å². The minimum atomic E-state index is -3.13. The molecule has 0 fully saturated rings. The number of hydrogen-bond donors (Lipinski definition) is 2. The van der Waals surface area contributed by atoms with Crippen LogP contribution in [0.1, 0.15) is 16.6 Å². The lowest BCUT2D eigenvalue weighted by Gasteiger charge is -2.22. The van der Waals surface area contributed by atoms with E-state index in [2.05, 4.69) is 10.3 Å². The molecule has 1 aliphatic heterocycles. The fraction of sp³-hybridized carbons (Fsp3) is 0.333. The van der Waals surface area contributed by atoms with E-state index in [1.807, 2.05) is 24.3 Å². The van der Waals surface area contributed by atoms with Gasteiger partial charge in [-0.25, -0.2) is 8.42 Å². The van der Waals surface area contributed by atoms with Gasteiger partial charge < -0.3 is 4.98 Å². The van der Waals surface area contributed by atoms with Crippen molar-refractivity contribution >= 4 is 20.7 Å². The van der Waals surface area contributed by atoms with E-state index in [4.69, 9.17) is 0 Å². The summed E-state index contributed by atoms with van der Waals surface area (Å²) in [6.45, 7) is 0.701. The first kappa shape index (κ1) is 10.8. The summed E-state index contributed by atoms with van der Waals surface area (Å²) in [5.74, 6) is 0. The number of H-pyrrole nitrogens is 1. The molecule has 1 unspecified atom stereocenters. The fourth-order valence-electron chi connectivity index (χ4n) is 2.51. The molecule has 0 spiro atoms. The van der Waals surface area contributed by atoms with Gasteiger partial charge in [0.1, 0.15) is 0 Å². The lowest BCUT2D eigenvalue weighted by atomic mass is 10.0. The Bertz CT molecular complexity index is 673. The Morgan fingerprint density at radius 1 is 1.29 bits per heavy atom. The third-order valence-electron chi connectivity index (χ3n) is 3.24. The summed E-state index contributed by atoms with van der Waals surface area (Å²) in [7, 11) is -3.13. The van der Waals surface area contributed by atoms with Crippen LogP contribution in [0.15, 0.2) is 24.3 Å². The van der Waals surface area contributed by atoms with Crippen molar-refractivity contribution in [3.63, 3.8) is 0 Å². The van der Waals surface area contributed by atoms with Gasteiger partial charge in [-0.05, 0) is 18.1 Å². The number of benzene rings is 1. The molecule has 0 saturated carbocycles. The van der Waals surface area contributed by atoms with Crippen molar-refractivity contribution in [1.29, 1.82) is 0 Å². The van der Waals surface area contributed by atoms with Crippen LogP contribution in [-0.4, -0.2) is 26.2 Å². The average molecular weight is 250 g/mol. The maximum Gasteiger partial charge on any atom is 0.169 e. The average Bonchev–Trinajstić information content (AvgIpc) is 2.65. The first-order valence-electron chi connectivity index (χ1n) is 5.59. The van der Waals surface area contributed by atoms with Crippen molar-refractivity contribution in [3.8, 4) is 0 Å². The summed E-state index contributed by atoms with van der Waals surface area (Å²) in [6.07, 6.45) is 2.14. The highest BCUT2D eigenvalue weighted by Gasteiger charge is 2.30. The monoisotopic (exact) mass is 250 g/mol. The Morgan fingerprint density at radius 2 is 2.06 bits per heavy atom. The lowest BCUT2D eigenvalue weighted by Crippen LogP contribution is -2.34. The van der Waals surface area contributed by atoms with Gasteiger partial charge in [-0.3, -0.25) is 5.32 Å². The van der Waals surface area contributed by atoms with Gasteiger partial charge in [0.25, 0.3) is 0 Å². The van der Waals surface area contributed by atoms with E-state index < -0.39 is 15.2 Å². The minimum Gasteiger partial charge on any atom is -0.356 e. The van der Waals surface area contributed by atoms with Crippen LogP contribution in [0.4, 0.5) is 0 Å². The minimum absolute atomic E-state index is 0.598. The first-order valence-corrected chi connectivity index (χ1v) is 7.54. The predicted octanol–water partition coefficient (Wildman–Crippen LogP) is 1.36. The normalized spacial score (nSPS) is 20.4. The fourth-order valence-corrected chi connectivity index (χ4v) is 3.56. The van der Waals surface area contributed by atoms with Gasteiger partial charge in [0.15, 0.2) is 15.2 Å². The van der Waals surface area contributed by atoms with E-state index in [0.29, 0.717) is 6.54 Å². The third kappa shape index (κ3) is 1.66. The predicted molar refractivity (Wildman–Crippen MR) is 67.6 cm³/mol. The van der Waals surface area contributed by atoms with E-state index in [0.717, 1.165) is 28.6 Å². The molecule has 0 radical (unpaired) electrons. The van der Waals surface area contributed by atoms with Crippen LogP contribution in [0.3, 0.4) is 0 Å². The number of hydrogen-bond acceptors (Lipinski definition) is 3. The largest absolute Gasteiger partial charge is 0.356 e. The molecule has 5 heteroatoms. The maximum absolute atomic E-state index is 11.7. The SMILES string of the molecule is CS(=O)(=O)C1NCCc2c1[nH]c1ccccc21. The molecule has 2 N–H and O–H groups in total.